The van der Waals surface area contributed by atoms with Crippen molar-refractivity contribution in [1.29, 1.82) is 0 Å². The summed E-state index contributed by atoms with van der Waals surface area (Å²) in [7, 11) is 1.86. The second kappa shape index (κ2) is 5.76. The zero-order chi connectivity index (χ0) is 14.9. The van der Waals surface area contributed by atoms with E-state index in [2.05, 4.69) is 17.3 Å². The monoisotopic (exact) mass is 297 g/mol. The first-order chi connectivity index (χ1) is 9.38. The van der Waals surface area contributed by atoms with Crippen LogP contribution in [0.5, 0.6) is 0 Å². The van der Waals surface area contributed by atoms with Gasteiger partial charge in [0.1, 0.15) is 0 Å². The number of aryl methyl sites for hydroxylation is 2. The summed E-state index contributed by atoms with van der Waals surface area (Å²) in [6.45, 7) is 6.05. The highest BCUT2D eigenvalue weighted by Gasteiger charge is 2.36. The zero-order valence-electron chi connectivity index (χ0n) is 12.8. The van der Waals surface area contributed by atoms with E-state index in [1.807, 2.05) is 20.9 Å². The molecule has 1 aromatic rings. The molecule has 2 rings (SSSR count). The van der Waals surface area contributed by atoms with Crippen LogP contribution >= 0.6 is 11.6 Å². The summed E-state index contributed by atoms with van der Waals surface area (Å²) in [5, 5.41) is 7.50. The zero-order valence-corrected chi connectivity index (χ0v) is 13.5. The van der Waals surface area contributed by atoms with E-state index in [4.69, 9.17) is 11.6 Å². The van der Waals surface area contributed by atoms with Crippen molar-refractivity contribution >= 4 is 17.5 Å². The molecule has 5 heteroatoms. The molecule has 0 saturated heterocycles. The molecule has 0 aromatic carbocycles. The third-order valence-electron chi connectivity index (χ3n) is 4.60. The largest absolute Gasteiger partial charge is 0.345 e. The van der Waals surface area contributed by atoms with Crippen LogP contribution in [0.15, 0.2) is 0 Å². The predicted molar refractivity (Wildman–Crippen MR) is 81.2 cm³/mol. The Kier molecular flexibility index (Phi) is 4.43. The second-order valence-electron chi connectivity index (χ2n) is 6.22. The average Bonchev–Trinajstić information content (AvgIpc) is 2.66. The van der Waals surface area contributed by atoms with E-state index < -0.39 is 0 Å². The summed E-state index contributed by atoms with van der Waals surface area (Å²) in [5.74, 6) is 1.16. The van der Waals surface area contributed by atoms with Gasteiger partial charge in [0, 0.05) is 18.6 Å². The van der Waals surface area contributed by atoms with Crippen LogP contribution in [0.4, 0.5) is 0 Å². The van der Waals surface area contributed by atoms with E-state index in [0.29, 0.717) is 11.4 Å². The van der Waals surface area contributed by atoms with Crippen LogP contribution in [0, 0.1) is 19.8 Å². The Hall–Kier alpha value is -1.03. The Morgan fingerprint density at radius 1 is 1.45 bits per heavy atom. The molecule has 1 aromatic heterocycles. The van der Waals surface area contributed by atoms with Gasteiger partial charge in [0.05, 0.1) is 16.8 Å². The molecule has 0 spiro atoms. The standard InChI is InChI=1S/C15H24ClN3O/c1-10-5-7-15(9-16,8-6-10)17-14(20)13-11(2)18-19(4)12(13)3/h10H,5-9H2,1-4H3,(H,17,20). The third kappa shape index (κ3) is 2.85. The SMILES string of the molecule is Cc1nn(C)c(C)c1C(=O)NC1(CCl)CCC(C)CC1. The van der Waals surface area contributed by atoms with E-state index in [1.54, 1.807) is 4.68 Å². The van der Waals surface area contributed by atoms with Crippen LogP contribution in [-0.4, -0.2) is 27.1 Å². The van der Waals surface area contributed by atoms with Gasteiger partial charge in [-0.2, -0.15) is 5.10 Å². The molecule has 20 heavy (non-hydrogen) atoms. The average molecular weight is 298 g/mol. The quantitative estimate of drug-likeness (QED) is 0.872. The number of halogens is 1. The first-order valence-corrected chi connectivity index (χ1v) is 7.80. The van der Waals surface area contributed by atoms with Crippen molar-refractivity contribution in [2.45, 2.75) is 52.0 Å². The fourth-order valence-corrected chi connectivity index (χ4v) is 3.35. The number of carbonyl (C=O) groups excluding carboxylic acids is 1. The van der Waals surface area contributed by atoms with Crippen LogP contribution < -0.4 is 5.32 Å². The van der Waals surface area contributed by atoms with Crippen LogP contribution in [0.1, 0.15) is 54.4 Å². The number of rotatable bonds is 3. The lowest BCUT2D eigenvalue weighted by Gasteiger charge is -2.38. The molecule has 4 nitrogen and oxygen atoms in total. The lowest BCUT2D eigenvalue weighted by atomic mass is 9.78. The molecule has 1 heterocycles. The molecule has 1 saturated carbocycles. The van der Waals surface area contributed by atoms with Crippen LogP contribution in [0.3, 0.4) is 0 Å². The number of hydrogen-bond donors (Lipinski definition) is 1. The second-order valence-corrected chi connectivity index (χ2v) is 6.49. The van der Waals surface area contributed by atoms with Gasteiger partial charge in [0.15, 0.2) is 0 Å². The normalized spacial score (nSPS) is 26.6. The molecule has 1 fully saturated rings. The van der Waals surface area contributed by atoms with Crippen molar-refractivity contribution in [3.05, 3.63) is 17.0 Å². The maximum Gasteiger partial charge on any atom is 0.255 e. The Morgan fingerprint density at radius 2 is 2.05 bits per heavy atom. The molecule has 0 unspecified atom stereocenters. The van der Waals surface area contributed by atoms with Crippen LogP contribution in [0.25, 0.3) is 0 Å². The molecule has 1 amide bonds. The fraction of sp³-hybridized carbons (Fsp3) is 0.733. The molecule has 112 valence electrons. The summed E-state index contributed by atoms with van der Waals surface area (Å²) in [4.78, 5) is 12.6. The third-order valence-corrected chi connectivity index (χ3v) is 5.11. The maximum atomic E-state index is 12.6. The van der Waals surface area contributed by atoms with Crippen molar-refractivity contribution in [3.8, 4) is 0 Å². The van der Waals surface area contributed by atoms with Gasteiger partial charge in [-0.05, 0) is 45.4 Å². The lowest BCUT2D eigenvalue weighted by molar-refractivity contribution is 0.0871. The number of alkyl halides is 1. The lowest BCUT2D eigenvalue weighted by Crippen LogP contribution is -2.52. The Morgan fingerprint density at radius 3 is 2.50 bits per heavy atom. The van der Waals surface area contributed by atoms with E-state index in [9.17, 15) is 4.79 Å². The van der Waals surface area contributed by atoms with E-state index in [0.717, 1.165) is 43.0 Å². The summed E-state index contributed by atoms with van der Waals surface area (Å²) >= 11 is 6.17. The van der Waals surface area contributed by atoms with Gasteiger partial charge in [-0.1, -0.05) is 6.92 Å². The van der Waals surface area contributed by atoms with Crippen LogP contribution in [-0.2, 0) is 7.05 Å². The molecule has 0 bridgehead atoms. The first kappa shape index (κ1) is 15.4. The van der Waals surface area contributed by atoms with Crippen molar-refractivity contribution in [3.63, 3.8) is 0 Å². The number of hydrogen-bond acceptors (Lipinski definition) is 2. The minimum atomic E-state index is -0.250. The molecule has 1 N–H and O–H groups in total. The number of carbonyl (C=O) groups is 1. The van der Waals surface area contributed by atoms with Gasteiger partial charge in [-0.25, -0.2) is 0 Å². The minimum absolute atomic E-state index is 0.0386. The maximum absolute atomic E-state index is 12.6. The molecular formula is C15H24ClN3O. The van der Waals surface area contributed by atoms with Gasteiger partial charge in [-0.15, -0.1) is 11.6 Å². The van der Waals surface area contributed by atoms with Crippen LogP contribution in [0.2, 0.25) is 0 Å². The van der Waals surface area contributed by atoms with E-state index in [-0.39, 0.29) is 11.4 Å². The Bertz CT molecular complexity index is 501. The van der Waals surface area contributed by atoms with Crippen molar-refractivity contribution in [2.75, 3.05) is 5.88 Å². The molecule has 0 radical (unpaired) electrons. The van der Waals surface area contributed by atoms with Gasteiger partial charge in [0.25, 0.3) is 5.91 Å². The van der Waals surface area contributed by atoms with Gasteiger partial charge < -0.3 is 5.32 Å². The van der Waals surface area contributed by atoms with E-state index >= 15 is 0 Å². The first-order valence-electron chi connectivity index (χ1n) is 7.27. The topological polar surface area (TPSA) is 46.9 Å². The fourth-order valence-electron chi connectivity index (χ4n) is 3.01. The molecule has 1 aliphatic carbocycles. The summed E-state index contributed by atoms with van der Waals surface area (Å²) in [6.07, 6.45) is 4.17. The van der Waals surface area contributed by atoms with Gasteiger partial charge in [0.2, 0.25) is 0 Å². The molecule has 1 aliphatic rings. The summed E-state index contributed by atoms with van der Waals surface area (Å²) < 4.78 is 1.75. The van der Waals surface area contributed by atoms with Gasteiger partial charge >= 0.3 is 0 Å². The molecule has 0 aliphatic heterocycles. The van der Waals surface area contributed by atoms with Crippen molar-refractivity contribution in [2.24, 2.45) is 13.0 Å². The number of nitrogens with one attached hydrogen (secondary N) is 1. The summed E-state index contributed by atoms with van der Waals surface area (Å²) in [6, 6.07) is 0. The number of amides is 1. The van der Waals surface area contributed by atoms with Crippen molar-refractivity contribution in [1.82, 2.24) is 15.1 Å². The number of aromatic nitrogens is 2. The molecular weight excluding hydrogens is 274 g/mol. The Balaban J connectivity index is 2.17. The van der Waals surface area contributed by atoms with Gasteiger partial charge in [-0.3, -0.25) is 9.48 Å². The highest BCUT2D eigenvalue weighted by Crippen LogP contribution is 2.33. The molecule has 0 atom stereocenters. The van der Waals surface area contributed by atoms with Crippen molar-refractivity contribution < 1.29 is 4.79 Å². The van der Waals surface area contributed by atoms with E-state index in [1.165, 1.54) is 0 Å². The highest BCUT2D eigenvalue weighted by molar-refractivity contribution is 6.19. The highest BCUT2D eigenvalue weighted by atomic mass is 35.5. The number of nitrogens with zero attached hydrogens (tertiary/aromatic N) is 2. The smallest absolute Gasteiger partial charge is 0.255 e. The Labute approximate surface area is 125 Å². The predicted octanol–water partition coefficient (Wildman–Crippen LogP) is 2.95. The minimum Gasteiger partial charge on any atom is -0.345 e. The summed E-state index contributed by atoms with van der Waals surface area (Å²) in [5.41, 5.74) is 2.11.